The van der Waals surface area contributed by atoms with Gasteiger partial charge in [-0.25, -0.2) is 9.97 Å². The first kappa shape index (κ1) is 17.0. The van der Waals surface area contributed by atoms with Crippen LogP contribution in [0.25, 0.3) is 0 Å². The number of nitrogens with zero attached hydrogens (tertiary/aromatic N) is 4. The van der Waals surface area contributed by atoms with Crippen LogP contribution >= 0.6 is 0 Å². The van der Waals surface area contributed by atoms with Crippen LogP contribution in [0, 0.1) is 0 Å². The Morgan fingerprint density at radius 2 is 1.79 bits per heavy atom. The van der Waals surface area contributed by atoms with Crippen LogP contribution in [0.5, 0.6) is 5.75 Å². The van der Waals surface area contributed by atoms with Crippen LogP contribution in [-0.4, -0.2) is 33.6 Å². The number of hydrogen-bond donors (Lipinski definition) is 1. The monoisotopic (exact) mass is 373 g/mol. The number of anilines is 2. The molecule has 1 spiro atoms. The number of nitrogens with one attached hydrogen (secondary N) is 1. The summed E-state index contributed by atoms with van der Waals surface area (Å²) in [5.41, 5.74) is 2.08. The largest absolute Gasteiger partial charge is 0.487 e. The molecule has 28 heavy (non-hydrogen) atoms. The lowest BCUT2D eigenvalue weighted by Gasteiger charge is -2.47. The Labute approximate surface area is 164 Å². The first-order chi connectivity index (χ1) is 13.8. The van der Waals surface area contributed by atoms with Crippen LogP contribution in [0.4, 0.5) is 11.6 Å². The molecular weight excluding hydrogens is 350 g/mol. The summed E-state index contributed by atoms with van der Waals surface area (Å²) in [7, 11) is 0. The van der Waals surface area contributed by atoms with Crippen molar-refractivity contribution in [3.05, 3.63) is 72.8 Å². The Bertz CT molecular complexity index is 926. The summed E-state index contributed by atoms with van der Waals surface area (Å²) in [6, 6.07) is 14.4. The fraction of sp³-hybridized carbons (Fsp3) is 0.318. The van der Waals surface area contributed by atoms with Gasteiger partial charge >= 0.3 is 0 Å². The van der Waals surface area contributed by atoms with Crippen LogP contribution < -0.4 is 15.0 Å². The Kier molecular flexibility index (Phi) is 4.31. The summed E-state index contributed by atoms with van der Waals surface area (Å²) in [6.07, 6.45) is 10.1. The van der Waals surface area contributed by atoms with Crippen molar-refractivity contribution < 1.29 is 4.74 Å². The van der Waals surface area contributed by atoms with Gasteiger partial charge in [-0.15, -0.1) is 0 Å². The number of ether oxygens (including phenoxy) is 1. The summed E-state index contributed by atoms with van der Waals surface area (Å²) in [4.78, 5) is 15.3. The van der Waals surface area contributed by atoms with Gasteiger partial charge in [0.15, 0.2) is 0 Å². The van der Waals surface area contributed by atoms with Gasteiger partial charge in [-0.3, -0.25) is 4.98 Å². The predicted octanol–water partition coefficient (Wildman–Crippen LogP) is 3.85. The molecule has 0 aliphatic carbocycles. The van der Waals surface area contributed by atoms with Crippen LogP contribution in [0.15, 0.2) is 67.3 Å². The SMILES string of the molecule is c1cnc(N2CCC3(CC2)C[C@@H](Nc2cccnc2)c2ccccc2O3)nc1. The molecule has 1 saturated heterocycles. The van der Waals surface area contributed by atoms with Crippen LogP contribution in [0.1, 0.15) is 30.9 Å². The maximum atomic E-state index is 6.59. The van der Waals surface area contributed by atoms with E-state index in [2.05, 4.69) is 49.4 Å². The molecular formula is C22H23N5O. The lowest BCUT2D eigenvalue weighted by atomic mass is 9.80. The second-order valence-electron chi connectivity index (χ2n) is 7.50. The summed E-state index contributed by atoms with van der Waals surface area (Å²) in [5, 5.41) is 3.67. The third-order valence-electron chi connectivity index (χ3n) is 5.71. The number of hydrogen-bond acceptors (Lipinski definition) is 6. The summed E-state index contributed by atoms with van der Waals surface area (Å²) >= 11 is 0. The van der Waals surface area contributed by atoms with E-state index in [0.29, 0.717) is 0 Å². The maximum absolute atomic E-state index is 6.59. The molecule has 4 heterocycles. The molecule has 1 fully saturated rings. The highest BCUT2D eigenvalue weighted by Crippen LogP contribution is 2.45. The fourth-order valence-electron chi connectivity index (χ4n) is 4.27. The summed E-state index contributed by atoms with van der Waals surface area (Å²) < 4.78 is 6.59. The lowest BCUT2D eigenvalue weighted by Crippen LogP contribution is -2.51. The van der Waals surface area contributed by atoms with Crippen LogP contribution in [0.3, 0.4) is 0 Å². The zero-order chi connectivity index (χ0) is 18.8. The van der Waals surface area contributed by atoms with E-state index in [1.54, 1.807) is 18.6 Å². The fourth-order valence-corrected chi connectivity index (χ4v) is 4.27. The molecule has 0 bridgehead atoms. The lowest BCUT2D eigenvalue weighted by molar-refractivity contribution is 0.0153. The number of piperidine rings is 1. The minimum atomic E-state index is -0.167. The van der Waals surface area contributed by atoms with Gasteiger partial charge in [0, 0.05) is 62.7 Å². The van der Waals surface area contributed by atoms with Gasteiger partial charge in [0.2, 0.25) is 5.95 Å². The van der Waals surface area contributed by atoms with E-state index in [-0.39, 0.29) is 11.6 Å². The third kappa shape index (κ3) is 3.26. The van der Waals surface area contributed by atoms with Crippen molar-refractivity contribution in [2.24, 2.45) is 0 Å². The molecule has 6 heteroatoms. The molecule has 0 radical (unpaired) electrons. The van der Waals surface area contributed by atoms with E-state index >= 15 is 0 Å². The molecule has 2 aliphatic heterocycles. The average molecular weight is 373 g/mol. The molecule has 1 atom stereocenters. The van der Waals surface area contributed by atoms with Gasteiger partial charge in [0.25, 0.3) is 0 Å². The van der Waals surface area contributed by atoms with Gasteiger partial charge in [-0.1, -0.05) is 18.2 Å². The Hall–Kier alpha value is -3.15. The Balaban J connectivity index is 1.38. The molecule has 5 rings (SSSR count). The summed E-state index contributed by atoms with van der Waals surface area (Å²) in [6.45, 7) is 1.79. The molecule has 2 aromatic heterocycles. The normalized spacial score (nSPS) is 20.3. The Morgan fingerprint density at radius 3 is 2.57 bits per heavy atom. The van der Waals surface area contributed by atoms with E-state index in [9.17, 15) is 0 Å². The van der Waals surface area contributed by atoms with Gasteiger partial charge in [-0.05, 0) is 24.3 Å². The van der Waals surface area contributed by atoms with E-state index in [1.807, 2.05) is 24.4 Å². The topological polar surface area (TPSA) is 63.2 Å². The van der Waals surface area contributed by atoms with E-state index in [0.717, 1.165) is 49.7 Å². The minimum absolute atomic E-state index is 0.167. The average Bonchev–Trinajstić information content (AvgIpc) is 2.76. The van der Waals surface area contributed by atoms with E-state index < -0.39 is 0 Å². The van der Waals surface area contributed by atoms with Crippen molar-refractivity contribution in [3.63, 3.8) is 0 Å². The van der Waals surface area contributed by atoms with Crippen LogP contribution in [0.2, 0.25) is 0 Å². The van der Waals surface area contributed by atoms with Crippen molar-refractivity contribution in [1.29, 1.82) is 0 Å². The number of aromatic nitrogens is 3. The maximum Gasteiger partial charge on any atom is 0.225 e. The highest BCUT2D eigenvalue weighted by Gasteiger charge is 2.43. The molecule has 3 aromatic rings. The third-order valence-corrected chi connectivity index (χ3v) is 5.71. The first-order valence-electron chi connectivity index (χ1n) is 9.78. The van der Waals surface area contributed by atoms with Crippen molar-refractivity contribution in [2.75, 3.05) is 23.3 Å². The minimum Gasteiger partial charge on any atom is -0.487 e. The van der Waals surface area contributed by atoms with Gasteiger partial charge in [-0.2, -0.15) is 0 Å². The van der Waals surface area contributed by atoms with Crippen molar-refractivity contribution in [3.8, 4) is 5.75 Å². The number of rotatable bonds is 3. The highest BCUT2D eigenvalue weighted by molar-refractivity contribution is 5.48. The molecule has 0 unspecified atom stereocenters. The predicted molar refractivity (Wildman–Crippen MR) is 108 cm³/mol. The van der Waals surface area contributed by atoms with Gasteiger partial charge in [0.1, 0.15) is 11.4 Å². The van der Waals surface area contributed by atoms with Crippen molar-refractivity contribution in [2.45, 2.75) is 30.9 Å². The second-order valence-corrected chi connectivity index (χ2v) is 7.50. The van der Waals surface area contributed by atoms with E-state index in [4.69, 9.17) is 4.74 Å². The van der Waals surface area contributed by atoms with Crippen molar-refractivity contribution >= 4 is 11.6 Å². The number of para-hydroxylation sites is 1. The smallest absolute Gasteiger partial charge is 0.225 e. The molecule has 0 saturated carbocycles. The van der Waals surface area contributed by atoms with Gasteiger partial charge in [0.05, 0.1) is 11.7 Å². The molecule has 1 aromatic carbocycles. The second kappa shape index (κ2) is 7.11. The van der Waals surface area contributed by atoms with Gasteiger partial charge < -0.3 is 15.0 Å². The first-order valence-corrected chi connectivity index (χ1v) is 9.78. The number of fused-ring (bicyclic) bond motifs is 1. The zero-order valence-corrected chi connectivity index (χ0v) is 15.7. The van der Waals surface area contributed by atoms with Crippen molar-refractivity contribution in [1.82, 2.24) is 15.0 Å². The number of benzene rings is 1. The molecule has 2 aliphatic rings. The molecule has 0 amide bonds. The standard InChI is InChI=1S/C22H23N5O/c1-2-7-20-18(6-1)19(26-17-5-3-10-23-16-17)15-22(28-20)8-13-27(14-9-22)21-24-11-4-12-25-21/h1-7,10-12,16,19,26H,8-9,13-15H2/t19-/m1/s1. The van der Waals surface area contributed by atoms with E-state index in [1.165, 1.54) is 5.56 Å². The Morgan fingerprint density at radius 1 is 0.964 bits per heavy atom. The molecule has 6 nitrogen and oxygen atoms in total. The summed E-state index contributed by atoms with van der Waals surface area (Å²) in [5.74, 6) is 1.79. The molecule has 1 N–H and O–H groups in total. The quantitative estimate of drug-likeness (QED) is 0.752. The van der Waals surface area contributed by atoms with Crippen LogP contribution in [-0.2, 0) is 0 Å². The molecule has 142 valence electrons. The number of pyridine rings is 1. The zero-order valence-electron chi connectivity index (χ0n) is 15.7. The highest BCUT2D eigenvalue weighted by atomic mass is 16.5.